The number of rotatable bonds is 5. The molecule has 0 bridgehead atoms. The van der Waals surface area contributed by atoms with Gasteiger partial charge in [0.15, 0.2) is 0 Å². The monoisotopic (exact) mass is 257 g/mol. The van der Waals surface area contributed by atoms with E-state index < -0.39 is 0 Å². The fraction of sp³-hybridized carbons (Fsp3) is 0.938. The molecule has 0 aliphatic carbocycles. The van der Waals surface area contributed by atoms with Gasteiger partial charge in [-0.05, 0) is 12.3 Å². The minimum atomic E-state index is 0.244. The summed E-state index contributed by atoms with van der Waals surface area (Å²) in [6.07, 6.45) is 4.76. The van der Waals surface area contributed by atoms with E-state index in [2.05, 4.69) is 20.8 Å². The molecule has 2 nitrogen and oxygen atoms in total. The van der Waals surface area contributed by atoms with Gasteiger partial charge in [-0.1, -0.05) is 67.7 Å². The third kappa shape index (κ3) is 7.73. The zero-order chi connectivity index (χ0) is 14.6. The Morgan fingerprint density at radius 1 is 1.17 bits per heavy atom. The molecular weight excluding hydrogens is 222 g/mol. The molecule has 18 heavy (non-hydrogen) atoms. The molecule has 0 aromatic carbocycles. The molecule has 0 N–H and O–H groups in total. The highest BCUT2D eigenvalue weighted by molar-refractivity contribution is 5.79. The second-order valence-electron chi connectivity index (χ2n) is 4.75. The van der Waals surface area contributed by atoms with Gasteiger partial charge in [-0.3, -0.25) is 4.79 Å². The van der Waals surface area contributed by atoms with Gasteiger partial charge in [0.1, 0.15) is 0 Å². The van der Waals surface area contributed by atoms with Crippen LogP contribution in [0, 0.1) is 11.8 Å². The highest BCUT2D eigenvalue weighted by atomic mass is 16.2. The van der Waals surface area contributed by atoms with Gasteiger partial charge in [0.2, 0.25) is 5.91 Å². The number of hydrogen-bond acceptors (Lipinski definition) is 1. The van der Waals surface area contributed by atoms with Crippen molar-refractivity contribution in [2.75, 3.05) is 13.1 Å². The summed E-state index contributed by atoms with van der Waals surface area (Å²) in [5, 5.41) is 0. The molecular formula is C16H35NO. The first-order valence-electron chi connectivity index (χ1n) is 7.94. The number of amides is 1. The van der Waals surface area contributed by atoms with Gasteiger partial charge >= 0.3 is 0 Å². The lowest BCUT2D eigenvalue weighted by Gasteiger charge is -2.38. The summed E-state index contributed by atoms with van der Waals surface area (Å²) in [4.78, 5) is 13.8. The van der Waals surface area contributed by atoms with E-state index in [1.807, 2.05) is 32.6 Å². The maximum Gasteiger partial charge on any atom is 0.225 e. The van der Waals surface area contributed by atoms with Crippen molar-refractivity contribution in [1.29, 1.82) is 0 Å². The first-order chi connectivity index (χ1) is 8.65. The first-order valence-corrected chi connectivity index (χ1v) is 7.94. The largest absolute Gasteiger partial charge is 0.342 e. The summed E-state index contributed by atoms with van der Waals surface area (Å²) >= 11 is 0. The lowest BCUT2D eigenvalue weighted by Crippen LogP contribution is -2.50. The zero-order valence-electron chi connectivity index (χ0n) is 13.8. The Morgan fingerprint density at radius 3 is 2.06 bits per heavy atom. The first kappa shape index (κ1) is 19.8. The molecule has 1 aliphatic rings. The normalized spacial score (nSPS) is 15.6. The van der Waals surface area contributed by atoms with Crippen LogP contribution in [0.25, 0.3) is 0 Å². The fourth-order valence-electron chi connectivity index (χ4n) is 2.01. The van der Waals surface area contributed by atoms with Crippen LogP contribution in [0.1, 0.15) is 74.1 Å². The smallest absolute Gasteiger partial charge is 0.225 e. The summed E-state index contributed by atoms with van der Waals surface area (Å²) in [5.74, 6) is 1.34. The van der Waals surface area contributed by atoms with Gasteiger partial charge in [-0.2, -0.15) is 0 Å². The van der Waals surface area contributed by atoms with Crippen LogP contribution in [0.3, 0.4) is 0 Å². The van der Waals surface area contributed by atoms with Gasteiger partial charge in [-0.15, -0.1) is 0 Å². The van der Waals surface area contributed by atoms with Crippen LogP contribution in [0.5, 0.6) is 0 Å². The third-order valence-corrected chi connectivity index (χ3v) is 3.04. The number of carbonyl (C=O) groups is 1. The summed E-state index contributed by atoms with van der Waals surface area (Å²) in [5.41, 5.74) is 0. The van der Waals surface area contributed by atoms with E-state index in [1.54, 1.807) is 0 Å². The molecule has 1 atom stereocenters. The van der Waals surface area contributed by atoms with E-state index in [1.165, 1.54) is 19.3 Å². The Labute approximate surface area is 115 Å². The maximum atomic E-state index is 11.8. The lowest BCUT2D eigenvalue weighted by atomic mass is 9.96. The molecule has 1 saturated heterocycles. The van der Waals surface area contributed by atoms with E-state index in [-0.39, 0.29) is 5.92 Å². The van der Waals surface area contributed by atoms with E-state index >= 15 is 0 Å². The Morgan fingerprint density at radius 2 is 1.67 bits per heavy atom. The molecule has 1 unspecified atom stereocenters. The predicted molar refractivity (Wildman–Crippen MR) is 81.7 cm³/mol. The molecule has 1 aliphatic heterocycles. The molecule has 1 heterocycles. The van der Waals surface area contributed by atoms with Crippen molar-refractivity contribution >= 4 is 5.91 Å². The van der Waals surface area contributed by atoms with Gasteiger partial charge in [0.05, 0.1) is 0 Å². The molecule has 1 fully saturated rings. The fourth-order valence-corrected chi connectivity index (χ4v) is 2.01. The zero-order valence-corrected chi connectivity index (χ0v) is 13.8. The molecule has 0 radical (unpaired) electrons. The van der Waals surface area contributed by atoms with E-state index in [4.69, 9.17) is 0 Å². The number of hydrogen-bond donors (Lipinski definition) is 0. The van der Waals surface area contributed by atoms with Crippen LogP contribution in [0.2, 0.25) is 0 Å². The van der Waals surface area contributed by atoms with Crippen molar-refractivity contribution in [2.45, 2.75) is 74.1 Å². The topological polar surface area (TPSA) is 20.3 Å². The Kier molecular flexibility index (Phi) is 14.2. The molecule has 0 aromatic heterocycles. The van der Waals surface area contributed by atoms with Crippen LogP contribution in [-0.4, -0.2) is 23.9 Å². The van der Waals surface area contributed by atoms with E-state index in [0.717, 1.165) is 25.4 Å². The molecule has 0 spiro atoms. The number of unbranched alkanes of at least 4 members (excludes halogenated alkanes) is 2. The van der Waals surface area contributed by atoms with Crippen molar-refractivity contribution in [3.63, 3.8) is 0 Å². The van der Waals surface area contributed by atoms with Crippen LogP contribution in [-0.2, 0) is 4.79 Å². The van der Waals surface area contributed by atoms with E-state index in [0.29, 0.717) is 5.91 Å². The summed E-state index contributed by atoms with van der Waals surface area (Å²) < 4.78 is 0. The summed E-state index contributed by atoms with van der Waals surface area (Å²) in [6.45, 7) is 16.4. The highest BCUT2D eigenvalue weighted by Gasteiger charge is 2.29. The van der Waals surface area contributed by atoms with Crippen molar-refractivity contribution in [3.05, 3.63) is 0 Å². The summed E-state index contributed by atoms with van der Waals surface area (Å²) in [7, 11) is 0. The number of likely N-dealkylation sites (tertiary alicyclic amines) is 1. The standard InChI is InChI=1S/C12H23NO.2C2H6/c1-4-5-6-7-11(3)12(14)13-8-10(2)9-13;2*1-2/h10-11H,4-9H2,1-3H3;2*1-2H3. The molecule has 1 amide bonds. The Balaban J connectivity index is 0. The van der Waals surface area contributed by atoms with Gasteiger partial charge in [-0.25, -0.2) is 0 Å². The molecule has 110 valence electrons. The predicted octanol–water partition coefficient (Wildman–Crippen LogP) is 4.73. The Bertz CT molecular complexity index is 186. The minimum absolute atomic E-state index is 0.244. The van der Waals surface area contributed by atoms with Crippen LogP contribution >= 0.6 is 0 Å². The van der Waals surface area contributed by atoms with Crippen molar-refractivity contribution < 1.29 is 4.79 Å². The van der Waals surface area contributed by atoms with Crippen LogP contribution in [0.4, 0.5) is 0 Å². The van der Waals surface area contributed by atoms with Crippen LogP contribution in [0.15, 0.2) is 0 Å². The van der Waals surface area contributed by atoms with Gasteiger partial charge in [0, 0.05) is 19.0 Å². The van der Waals surface area contributed by atoms with Crippen molar-refractivity contribution in [3.8, 4) is 0 Å². The van der Waals surface area contributed by atoms with Crippen LogP contribution < -0.4 is 0 Å². The Hall–Kier alpha value is -0.530. The minimum Gasteiger partial charge on any atom is -0.342 e. The second-order valence-corrected chi connectivity index (χ2v) is 4.75. The van der Waals surface area contributed by atoms with Crippen molar-refractivity contribution in [1.82, 2.24) is 4.90 Å². The molecule has 1 rings (SSSR count). The highest BCUT2D eigenvalue weighted by Crippen LogP contribution is 2.20. The maximum absolute atomic E-state index is 11.8. The second kappa shape index (κ2) is 12.9. The quantitative estimate of drug-likeness (QED) is 0.652. The van der Waals surface area contributed by atoms with Gasteiger partial charge in [0.25, 0.3) is 0 Å². The SMILES string of the molecule is CC.CC.CCCCCC(C)C(=O)N1CC(C)C1. The third-order valence-electron chi connectivity index (χ3n) is 3.04. The van der Waals surface area contributed by atoms with E-state index in [9.17, 15) is 4.79 Å². The molecule has 0 saturated carbocycles. The summed E-state index contributed by atoms with van der Waals surface area (Å²) in [6, 6.07) is 0. The van der Waals surface area contributed by atoms with Crippen molar-refractivity contribution in [2.24, 2.45) is 11.8 Å². The average molecular weight is 257 g/mol. The number of nitrogens with zero attached hydrogens (tertiary/aromatic N) is 1. The van der Waals surface area contributed by atoms with Gasteiger partial charge < -0.3 is 4.90 Å². The number of carbonyl (C=O) groups excluding carboxylic acids is 1. The molecule has 0 aromatic rings. The molecule has 2 heteroatoms. The average Bonchev–Trinajstić information content (AvgIpc) is 2.39. The lowest BCUT2D eigenvalue weighted by molar-refractivity contribution is -0.141.